The normalized spacial score (nSPS) is 18.3. The average molecular weight is 411 g/mol. The fourth-order valence-corrected chi connectivity index (χ4v) is 8.24. The highest BCUT2D eigenvalue weighted by Gasteiger charge is 2.33. The quantitative estimate of drug-likeness (QED) is 0.286. The fourth-order valence-electron chi connectivity index (χ4n) is 5.97. The Balaban J connectivity index is 1.65. The molecule has 1 atom stereocenters. The van der Waals surface area contributed by atoms with E-state index in [1.54, 1.807) is 10.6 Å². The third-order valence-corrected chi connectivity index (χ3v) is 9.67. The second kappa shape index (κ2) is 6.89. The highest BCUT2D eigenvalue weighted by molar-refractivity contribution is 7.73. The molecule has 3 aromatic carbocycles. The van der Waals surface area contributed by atoms with Crippen LogP contribution in [0.1, 0.15) is 36.8 Å². The summed E-state index contributed by atoms with van der Waals surface area (Å²) in [6.07, 6.45) is 9.26. The molecule has 0 bridgehead atoms. The lowest BCUT2D eigenvalue weighted by Crippen LogP contribution is -2.39. The molecule has 1 saturated carbocycles. The number of aromatic nitrogens is 1. The van der Waals surface area contributed by atoms with E-state index in [-0.39, 0.29) is 7.92 Å². The van der Waals surface area contributed by atoms with Crippen molar-refractivity contribution in [2.24, 2.45) is 13.0 Å². The van der Waals surface area contributed by atoms with Gasteiger partial charge in [0.25, 0.3) is 0 Å². The van der Waals surface area contributed by atoms with E-state index in [1.807, 2.05) is 0 Å². The lowest BCUT2D eigenvalue weighted by atomic mass is 9.93. The number of hydrogen-bond donors (Lipinski definition) is 0. The van der Waals surface area contributed by atoms with Crippen LogP contribution in [0, 0.1) is 12.8 Å². The second-order valence-corrected chi connectivity index (χ2v) is 11.5. The van der Waals surface area contributed by atoms with Gasteiger partial charge in [0.1, 0.15) is 7.05 Å². The number of benzene rings is 3. The van der Waals surface area contributed by atoms with Gasteiger partial charge in [-0.3, -0.25) is 0 Å². The SMILES string of the molecule is Cc1ccc2cccc3c2c1-c1c(c2cc(CC4CCCC4)ccc2c[n+]1C)P3C. The smallest absolute Gasteiger partial charge is 0.200 e. The summed E-state index contributed by atoms with van der Waals surface area (Å²) in [5.41, 5.74) is 5.80. The van der Waals surface area contributed by atoms with Gasteiger partial charge in [-0.1, -0.05) is 68.1 Å². The summed E-state index contributed by atoms with van der Waals surface area (Å²) in [7, 11) is 1.85. The monoisotopic (exact) mass is 410 g/mol. The maximum atomic E-state index is 2.54. The number of rotatable bonds is 2. The van der Waals surface area contributed by atoms with Crippen LogP contribution in [-0.4, -0.2) is 6.66 Å². The predicted octanol–water partition coefficient (Wildman–Crippen LogP) is 5.90. The molecule has 150 valence electrons. The van der Waals surface area contributed by atoms with Gasteiger partial charge in [0.15, 0.2) is 6.20 Å². The van der Waals surface area contributed by atoms with E-state index in [9.17, 15) is 0 Å². The molecule has 6 rings (SSSR count). The van der Waals surface area contributed by atoms with E-state index >= 15 is 0 Å². The molecule has 30 heavy (non-hydrogen) atoms. The summed E-state index contributed by atoms with van der Waals surface area (Å²) in [6.45, 7) is 4.75. The molecule has 1 fully saturated rings. The van der Waals surface area contributed by atoms with Gasteiger partial charge in [0.2, 0.25) is 5.69 Å². The topological polar surface area (TPSA) is 3.88 Å². The Kier molecular flexibility index (Phi) is 4.26. The van der Waals surface area contributed by atoms with E-state index in [2.05, 4.69) is 79.9 Å². The Morgan fingerprint density at radius 1 is 1.00 bits per heavy atom. The molecule has 1 aliphatic heterocycles. The molecule has 0 saturated heterocycles. The molecule has 0 N–H and O–H groups in total. The zero-order chi connectivity index (χ0) is 20.4. The molecule has 2 aliphatic rings. The first kappa shape index (κ1) is 18.5. The van der Waals surface area contributed by atoms with Crippen LogP contribution in [0.5, 0.6) is 0 Å². The number of hydrogen-bond acceptors (Lipinski definition) is 0. The standard InChI is InChI=1S/C28H29NP/c1-18-11-13-21-9-6-10-24-26(21)25(18)27-28(30(24)3)23-16-20(15-19-7-4-5-8-19)12-14-22(23)17-29(27)2/h6,9-14,16-17,19H,4-5,7-8,15H2,1-3H3/q+1. The van der Waals surface area contributed by atoms with Crippen molar-refractivity contribution in [2.45, 2.75) is 39.0 Å². The highest BCUT2D eigenvalue weighted by Crippen LogP contribution is 2.45. The van der Waals surface area contributed by atoms with Crippen molar-refractivity contribution >= 4 is 40.1 Å². The molecular weight excluding hydrogens is 381 g/mol. The van der Waals surface area contributed by atoms with Crippen LogP contribution in [0.3, 0.4) is 0 Å². The Labute approximate surface area is 180 Å². The molecule has 0 spiro atoms. The molecule has 2 heterocycles. The minimum Gasteiger partial charge on any atom is -0.200 e. The summed E-state index contributed by atoms with van der Waals surface area (Å²) in [4.78, 5) is 0. The minimum absolute atomic E-state index is 0.390. The second-order valence-electron chi connectivity index (χ2n) is 9.41. The number of pyridine rings is 1. The van der Waals surface area contributed by atoms with Crippen molar-refractivity contribution in [3.05, 3.63) is 65.9 Å². The lowest BCUT2D eigenvalue weighted by Gasteiger charge is -2.27. The Bertz CT molecular complexity index is 1310. The summed E-state index contributed by atoms with van der Waals surface area (Å²) in [5, 5.41) is 8.84. The zero-order valence-electron chi connectivity index (χ0n) is 18.2. The van der Waals surface area contributed by atoms with Gasteiger partial charge in [-0.15, -0.1) is 0 Å². The van der Waals surface area contributed by atoms with Gasteiger partial charge in [-0.2, -0.15) is 4.57 Å². The van der Waals surface area contributed by atoms with Crippen molar-refractivity contribution in [1.82, 2.24) is 0 Å². The summed E-state index contributed by atoms with van der Waals surface area (Å²) in [6, 6.07) is 18.8. The number of fused-ring (bicyclic) bond motifs is 4. The first-order valence-electron chi connectivity index (χ1n) is 11.3. The first-order valence-corrected chi connectivity index (χ1v) is 13.1. The molecule has 1 aliphatic carbocycles. The Hall–Kier alpha value is -2.24. The van der Waals surface area contributed by atoms with Gasteiger partial charge in [0, 0.05) is 16.2 Å². The maximum absolute atomic E-state index is 2.54. The largest absolute Gasteiger partial charge is 0.221 e. The minimum atomic E-state index is -0.390. The molecule has 0 amide bonds. The van der Waals surface area contributed by atoms with Gasteiger partial charge < -0.3 is 0 Å². The van der Waals surface area contributed by atoms with Crippen molar-refractivity contribution < 1.29 is 4.57 Å². The van der Waals surface area contributed by atoms with Crippen LogP contribution in [-0.2, 0) is 13.5 Å². The molecule has 4 aromatic rings. The van der Waals surface area contributed by atoms with Crippen LogP contribution in [0.4, 0.5) is 0 Å². The molecule has 2 heteroatoms. The van der Waals surface area contributed by atoms with Crippen LogP contribution in [0.25, 0.3) is 32.8 Å². The van der Waals surface area contributed by atoms with Crippen LogP contribution in [0.2, 0.25) is 0 Å². The van der Waals surface area contributed by atoms with E-state index < -0.39 is 0 Å². The van der Waals surface area contributed by atoms with E-state index in [0.717, 1.165) is 5.92 Å². The van der Waals surface area contributed by atoms with Crippen LogP contribution in [0.15, 0.2) is 54.7 Å². The van der Waals surface area contributed by atoms with Gasteiger partial charge in [-0.05, 0) is 61.7 Å². The molecule has 0 radical (unpaired) electrons. The first-order chi connectivity index (χ1) is 14.6. The third kappa shape index (κ3) is 2.68. The average Bonchev–Trinajstić information content (AvgIpc) is 3.25. The Morgan fingerprint density at radius 3 is 2.63 bits per heavy atom. The van der Waals surface area contributed by atoms with Crippen molar-refractivity contribution in [1.29, 1.82) is 0 Å². The summed E-state index contributed by atoms with van der Waals surface area (Å²) >= 11 is 0. The van der Waals surface area contributed by atoms with Crippen molar-refractivity contribution in [3.63, 3.8) is 0 Å². The van der Waals surface area contributed by atoms with E-state index in [4.69, 9.17) is 0 Å². The van der Waals surface area contributed by atoms with Crippen molar-refractivity contribution in [2.75, 3.05) is 6.66 Å². The molecular formula is C28H29NP+. The Morgan fingerprint density at radius 2 is 1.80 bits per heavy atom. The fraction of sp³-hybridized carbons (Fsp3) is 0.321. The number of aryl methyl sites for hydroxylation is 2. The van der Waals surface area contributed by atoms with E-state index in [0.29, 0.717) is 0 Å². The number of nitrogens with zero attached hydrogens (tertiary/aromatic N) is 1. The zero-order valence-corrected chi connectivity index (χ0v) is 19.1. The molecule has 1 aromatic heterocycles. The van der Waals surface area contributed by atoms with Crippen molar-refractivity contribution in [3.8, 4) is 11.3 Å². The van der Waals surface area contributed by atoms with Crippen LogP contribution >= 0.6 is 7.92 Å². The summed E-state index contributed by atoms with van der Waals surface area (Å²) in [5.74, 6) is 0.887. The van der Waals surface area contributed by atoms with Gasteiger partial charge in [-0.25, -0.2) is 0 Å². The predicted molar refractivity (Wildman–Crippen MR) is 131 cm³/mol. The van der Waals surface area contributed by atoms with Gasteiger partial charge >= 0.3 is 0 Å². The van der Waals surface area contributed by atoms with Crippen LogP contribution < -0.4 is 15.2 Å². The third-order valence-electron chi connectivity index (χ3n) is 7.45. The summed E-state index contributed by atoms with van der Waals surface area (Å²) < 4.78 is 2.39. The molecule has 1 nitrogen and oxygen atoms in total. The van der Waals surface area contributed by atoms with Gasteiger partial charge in [0.05, 0.1) is 10.9 Å². The highest BCUT2D eigenvalue weighted by atomic mass is 31.1. The lowest BCUT2D eigenvalue weighted by molar-refractivity contribution is -0.658. The molecule has 1 unspecified atom stereocenters. The maximum Gasteiger partial charge on any atom is 0.221 e. The van der Waals surface area contributed by atoms with E-state index in [1.165, 1.54) is 76.0 Å².